The highest BCUT2D eigenvalue weighted by atomic mass is 16.5. The van der Waals surface area contributed by atoms with Gasteiger partial charge >= 0.3 is 0 Å². The molecule has 6 nitrogen and oxygen atoms in total. The lowest BCUT2D eigenvalue weighted by Crippen LogP contribution is -2.48. The molecule has 0 amide bonds. The van der Waals surface area contributed by atoms with Gasteiger partial charge in [0, 0.05) is 57.1 Å². The van der Waals surface area contributed by atoms with Gasteiger partial charge in [0.2, 0.25) is 0 Å². The molecule has 0 bridgehead atoms. The van der Waals surface area contributed by atoms with Gasteiger partial charge in [-0.2, -0.15) is 5.10 Å². The first-order chi connectivity index (χ1) is 10.8. The standard InChI is InChI=1S/C16H28N4O2/c1-14-16(18-5-9-22-10-6-18)3-4-19(14)12-15-11-17-20(13-15)7-8-21-2/h11,13-14,16H,3-10,12H2,1-2H3/t14-,16-/m1/s1. The minimum absolute atomic E-state index is 0.598. The van der Waals surface area contributed by atoms with E-state index in [0.29, 0.717) is 18.7 Å². The molecular formula is C16H28N4O2. The summed E-state index contributed by atoms with van der Waals surface area (Å²) in [7, 11) is 1.72. The lowest BCUT2D eigenvalue weighted by molar-refractivity contribution is 0.00983. The molecule has 0 spiro atoms. The third kappa shape index (κ3) is 3.68. The summed E-state index contributed by atoms with van der Waals surface area (Å²) >= 11 is 0. The molecule has 2 saturated heterocycles. The van der Waals surface area contributed by atoms with E-state index < -0.39 is 0 Å². The largest absolute Gasteiger partial charge is 0.383 e. The zero-order valence-electron chi connectivity index (χ0n) is 13.8. The van der Waals surface area contributed by atoms with Gasteiger partial charge in [-0.25, -0.2) is 0 Å². The lowest BCUT2D eigenvalue weighted by Gasteiger charge is -2.35. The van der Waals surface area contributed by atoms with Crippen LogP contribution in [0.5, 0.6) is 0 Å². The van der Waals surface area contributed by atoms with Crippen LogP contribution in [-0.4, -0.2) is 78.2 Å². The van der Waals surface area contributed by atoms with E-state index >= 15 is 0 Å². The van der Waals surface area contributed by atoms with Crippen molar-refractivity contribution in [1.82, 2.24) is 19.6 Å². The van der Waals surface area contributed by atoms with Crippen molar-refractivity contribution in [1.29, 1.82) is 0 Å². The van der Waals surface area contributed by atoms with E-state index in [1.54, 1.807) is 7.11 Å². The molecular weight excluding hydrogens is 280 g/mol. The van der Waals surface area contributed by atoms with Crippen molar-refractivity contribution in [3.05, 3.63) is 18.0 Å². The van der Waals surface area contributed by atoms with E-state index in [4.69, 9.17) is 9.47 Å². The average Bonchev–Trinajstić information content (AvgIpc) is 3.14. The van der Waals surface area contributed by atoms with Crippen LogP contribution < -0.4 is 0 Å². The molecule has 2 fully saturated rings. The number of methoxy groups -OCH3 is 1. The molecule has 3 rings (SSSR count). The predicted molar refractivity (Wildman–Crippen MR) is 84.8 cm³/mol. The van der Waals surface area contributed by atoms with Gasteiger partial charge in [-0.1, -0.05) is 0 Å². The second-order valence-corrected chi connectivity index (χ2v) is 6.32. The monoisotopic (exact) mass is 308 g/mol. The minimum Gasteiger partial charge on any atom is -0.383 e. The summed E-state index contributed by atoms with van der Waals surface area (Å²) in [4.78, 5) is 5.19. The van der Waals surface area contributed by atoms with Crippen molar-refractivity contribution < 1.29 is 9.47 Å². The van der Waals surface area contributed by atoms with E-state index in [-0.39, 0.29) is 0 Å². The van der Waals surface area contributed by atoms with Crippen molar-refractivity contribution in [3.63, 3.8) is 0 Å². The van der Waals surface area contributed by atoms with Crippen molar-refractivity contribution >= 4 is 0 Å². The molecule has 0 radical (unpaired) electrons. The number of nitrogens with zero attached hydrogens (tertiary/aromatic N) is 4. The van der Waals surface area contributed by atoms with Gasteiger partial charge in [-0.15, -0.1) is 0 Å². The fraction of sp³-hybridized carbons (Fsp3) is 0.812. The first-order valence-electron chi connectivity index (χ1n) is 8.34. The van der Waals surface area contributed by atoms with Crippen LogP contribution in [0.3, 0.4) is 0 Å². The van der Waals surface area contributed by atoms with Gasteiger partial charge in [0.05, 0.1) is 32.6 Å². The van der Waals surface area contributed by atoms with Crippen molar-refractivity contribution in [2.75, 3.05) is 46.6 Å². The minimum atomic E-state index is 0.598. The summed E-state index contributed by atoms with van der Waals surface area (Å²) in [6.07, 6.45) is 5.40. The summed E-state index contributed by atoms with van der Waals surface area (Å²) in [5, 5.41) is 4.41. The Morgan fingerprint density at radius 3 is 2.91 bits per heavy atom. The molecule has 0 unspecified atom stereocenters. The van der Waals surface area contributed by atoms with Gasteiger partial charge in [-0.3, -0.25) is 14.5 Å². The fourth-order valence-electron chi connectivity index (χ4n) is 3.64. The van der Waals surface area contributed by atoms with Crippen LogP contribution in [-0.2, 0) is 22.6 Å². The number of likely N-dealkylation sites (tertiary alicyclic amines) is 1. The summed E-state index contributed by atoms with van der Waals surface area (Å²) < 4.78 is 12.5. The highest BCUT2D eigenvalue weighted by Gasteiger charge is 2.35. The van der Waals surface area contributed by atoms with Gasteiger partial charge in [0.25, 0.3) is 0 Å². The fourth-order valence-corrected chi connectivity index (χ4v) is 3.64. The van der Waals surface area contributed by atoms with E-state index in [2.05, 4.69) is 28.0 Å². The van der Waals surface area contributed by atoms with Crippen molar-refractivity contribution in [3.8, 4) is 0 Å². The van der Waals surface area contributed by atoms with Gasteiger partial charge < -0.3 is 9.47 Å². The SMILES string of the molecule is COCCn1cc(CN2CC[C@@H](N3CCOCC3)[C@H]2C)cn1. The summed E-state index contributed by atoms with van der Waals surface area (Å²) in [5.41, 5.74) is 1.30. The van der Waals surface area contributed by atoms with Crippen LogP contribution in [0.4, 0.5) is 0 Å². The molecule has 2 aliphatic rings. The third-order valence-corrected chi connectivity index (χ3v) is 4.96. The van der Waals surface area contributed by atoms with Crippen LogP contribution >= 0.6 is 0 Å². The van der Waals surface area contributed by atoms with Crippen LogP contribution in [0, 0.1) is 0 Å². The highest BCUT2D eigenvalue weighted by Crippen LogP contribution is 2.25. The molecule has 6 heteroatoms. The zero-order valence-corrected chi connectivity index (χ0v) is 13.8. The molecule has 0 aromatic carbocycles. The van der Waals surface area contributed by atoms with Gasteiger partial charge in [0.1, 0.15) is 0 Å². The molecule has 1 aromatic rings. The van der Waals surface area contributed by atoms with Crippen molar-refractivity contribution in [2.45, 2.75) is 38.5 Å². The summed E-state index contributed by atoms with van der Waals surface area (Å²) in [6.45, 7) is 9.99. The Morgan fingerprint density at radius 1 is 1.32 bits per heavy atom. The van der Waals surface area contributed by atoms with Crippen molar-refractivity contribution in [2.24, 2.45) is 0 Å². The van der Waals surface area contributed by atoms with Crippen LogP contribution in [0.1, 0.15) is 18.9 Å². The number of aromatic nitrogens is 2. The Hall–Kier alpha value is -0.950. The van der Waals surface area contributed by atoms with E-state index in [9.17, 15) is 0 Å². The van der Waals surface area contributed by atoms with Crippen LogP contribution in [0.15, 0.2) is 12.4 Å². The van der Waals surface area contributed by atoms with Crippen LogP contribution in [0.2, 0.25) is 0 Å². The molecule has 124 valence electrons. The summed E-state index contributed by atoms with van der Waals surface area (Å²) in [5.74, 6) is 0. The van der Waals surface area contributed by atoms with E-state index in [0.717, 1.165) is 39.4 Å². The number of rotatable bonds is 6. The Bertz CT molecular complexity index is 459. The smallest absolute Gasteiger partial charge is 0.0658 e. The Morgan fingerprint density at radius 2 is 2.14 bits per heavy atom. The molecule has 0 N–H and O–H groups in total. The van der Waals surface area contributed by atoms with E-state index in [1.165, 1.54) is 18.5 Å². The normalized spacial score (nSPS) is 27.5. The molecule has 0 aliphatic carbocycles. The molecule has 1 aromatic heterocycles. The topological polar surface area (TPSA) is 42.8 Å². The number of hydrogen-bond acceptors (Lipinski definition) is 5. The Kier molecular flexibility index (Phi) is 5.46. The molecule has 2 aliphatic heterocycles. The molecule has 22 heavy (non-hydrogen) atoms. The first kappa shape index (κ1) is 15.9. The highest BCUT2D eigenvalue weighted by molar-refractivity contribution is 5.05. The Labute approximate surface area is 133 Å². The molecule has 2 atom stereocenters. The summed E-state index contributed by atoms with van der Waals surface area (Å²) in [6, 6.07) is 1.27. The second kappa shape index (κ2) is 7.55. The maximum Gasteiger partial charge on any atom is 0.0658 e. The maximum absolute atomic E-state index is 5.48. The van der Waals surface area contributed by atoms with E-state index in [1.807, 2.05) is 10.9 Å². The average molecular weight is 308 g/mol. The quantitative estimate of drug-likeness (QED) is 0.778. The first-order valence-corrected chi connectivity index (χ1v) is 8.34. The molecule has 0 saturated carbocycles. The lowest BCUT2D eigenvalue weighted by atomic mass is 10.1. The van der Waals surface area contributed by atoms with Gasteiger partial charge in [0.15, 0.2) is 0 Å². The number of ether oxygens (including phenoxy) is 2. The number of hydrogen-bond donors (Lipinski definition) is 0. The zero-order chi connectivity index (χ0) is 15.4. The maximum atomic E-state index is 5.48. The second-order valence-electron chi connectivity index (χ2n) is 6.32. The van der Waals surface area contributed by atoms with Crippen LogP contribution in [0.25, 0.3) is 0 Å². The predicted octanol–water partition coefficient (Wildman–Crippen LogP) is 0.825. The van der Waals surface area contributed by atoms with Gasteiger partial charge in [-0.05, 0) is 13.3 Å². The third-order valence-electron chi connectivity index (χ3n) is 4.96. The number of morpholine rings is 1. The molecule has 3 heterocycles. The Balaban J connectivity index is 1.53.